The molecule has 1 fully saturated rings. The molecule has 0 radical (unpaired) electrons. The van der Waals surface area contributed by atoms with Gasteiger partial charge in [0.05, 0.1) is 6.61 Å². The quantitative estimate of drug-likeness (QED) is 0.506. The van der Waals surface area contributed by atoms with Gasteiger partial charge in [0.1, 0.15) is 35.5 Å². The Morgan fingerprint density at radius 1 is 1.26 bits per heavy atom. The van der Waals surface area contributed by atoms with Crippen LogP contribution >= 0.6 is 0 Å². The zero-order valence-corrected chi connectivity index (χ0v) is 19.8. The normalized spacial score (nSPS) is 21.1. The summed E-state index contributed by atoms with van der Waals surface area (Å²) >= 11 is 0. The van der Waals surface area contributed by atoms with Gasteiger partial charge >= 0.3 is 6.03 Å². The number of rotatable bonds is 7. The third-order valence-corrected chi connectivity index (χ3v) is 6.35. The van der Waals surface area contributed by atoms with Gasteiger partial charge < -0.3 is 24.5 Å². The lowest BCUT2D eigenvalue weighted by Crippen LogP contribution is -2.43. The highest BCUT2D eigenvalue weighted by molar-refractivity contribution is 6.09. The minimum absolute atomic E-state index is 0.0880. The number of furan rings is 1. The molecule has 3 heterocycles. The molecule has 0 unspecified atom stereocenters. The molecule has 2 N–H and O–H groups in total. The molecule has 5 rings (SSSR count). The van der Waals surface area contributed by atoms with E-state index in [0.717, 1.165) is 33.6 Å². The molecule has 0 aliphatic carbocycles. The average Bonchev–Trinajstić information content (AvgIpc) is 3.48. The van der Waals surface area contributed by atoms with E-state index in [1.54, 1.807) is 19.1 Å². The number of amides is 4. The number of ether oxygens (including phenoxy) is 2. The second-order valence-corrected chi connectivity index (χ2v) is 9.00. The van der Waals surface area contributed by atoms with Gasteiger partial charge in [0.25, 0.3) is 5.91 Å². The molecule has 35 heavy (non-hydrogen) atoms. The molecule has 0 bridgehead atoms. The summed E-state index contributed by atoms with van der Waals surface area (Å²) in [6.45, 7) is 5.71. The fraction of sp³-hybridized carbons (Fsp3) is 0.346. The Morgan fingerprint density at radius 3 is 2.83 bits per heavy atom. The SMILES string of the molecule is CCOc1cc2c(cc1CNC(=O)CN1C(=O)N[C@@](C)(c3cc4ccccc4o3)C1=O)O[C@H](C)C2. The summed E-state index contributed by atoms with van der Waals surface area (Å²) in [5.41, 5.74) is 1.05. The maximum atomic E-state index is 13.2. The summed E-state index contributed by atoms with van der Waals surface area (Å²) in [5.74, 6) is 0.748. The van der Waals surface area contributed by atoms with Gasteiger partial charge in [0.15, 0.2) is 5.54 Å². The van der Waals surface area contributed by atoms with Crippen LogP contribution in [0.2, 0.25) is 0 Å². The van der Waals surface area contributed by atoms with Crippen LogP contribution in [0.15, 0.2) is 46.9 Å². The summed E-state index contributed by atoms with van der Waals surface area (Å²) in [6.07, 6.45) is 0.892. The number of fused-ring (bicyclic) bond motifs is 2. The summed E-state index contributed by atoms with van der Waals surface area (Å²) < 4.78 is 17.4. The van der Waals surface area contributed by atoms with Gasteiger partial charge in [0.2, 0.25) is 5.91 Å². The monoisotopic (exact) mass is 477 g/mol. The number of benzene rings is 2. The minimum Gasteiger partial charge on any atom is -0.494 e. The van der Waals surface area contributed by atoms with Crippen molar-refractivity contribution >= 4 is 28.8 Å². The molecular weight excluding hydrogens is 450 g/mol. The van der Waals surface area contributed by atoms with Crippen molar-refractivity contribution < 1.29 is 28.3 Å². The van der Waals surface area contributed by atoms with E-state index in [1.807, 2.05) is 44.2 Å². The van der Waals surface area contributed by atoms with Crippen LogP contribution in [0.3, 0.4) is 0 Å². The molecule has 2 aliphatic rings. The highest BCUT2D eigenvalue weighted by Gasteiger charge is 2.51. The van der Waals surface area contributed by atoms with Gasteiger partial charge in [-0.05, 0) is 45.0 Å². The minimum atomic E-state index is -1.40. The Bertz CT molecular complexity index is 1300. The fourth-order valence-electron chi connectivity index (χ4n) is 4.54. The molecule has 3 aromatic rings. The topological polar surface area (TPSA) is 110 Å². The standard InChI is InChI=1S/C26H27N3O6/c1-4-33-20-10-17-9-15(2)34-21(17)11-18(20)13-27-23(30)14-29-24(31)26(3,28-25(29)32)22-12-16-7-5-6-8-19(16)35-22/h5-8,10-12,15H,4,9,13-14H2,1-3H3,(H,27,30)(H,28,32)/t15-,26+/m1/s1. The van der Waals surface area contributed by atoms with Gasteiger partial charge in [-0.3, -0.25) is 14.5 Å². The van der Waals surface area contributed by atoms with Gasteiger partial charge in [-0.1, -0.05) is 18.2 Å². The lowest BCUT2D eigenvalue weighted by molar-refractivity contribution is -0.135. The van der Waals surface area contributed by atoms with Crippen LogP contribution in [0.4, 0.5) is 4.79 Å². The number of nitrogens with zero attached hydrogens (tertiary/aromatic N) is 1. The van der Waals surface area contributed by atoms with Gasteiger partial charge in [-0.15, -0.1) is 0 Å². The lowest BCUT2D eigenvalue weighted by Gasteiger charge is -2.19. The Hall–Kier alpha value is -4.01. The molecule has 0 spiro atoms. The van der Waals surface area contributed by atoms with Crippen molar-refractivity contribution in [1.29, 1.82) is 0 Å². The van der Waals surface area contributed by atoms with E-state index in [0.29, 0.717) is 23.7 Å². The fourth-order valence-corrected chi connectivity index (χ4v) is 4.54. The lowest BCUT2D eigenvalue weighted by atomic mass is 9.99. The van der Waals surface area contributed by atoms with E-state index in [1.165, 1.54) is 0 Å². The highest BCUT2D eigenvalue weighted by Crippen LogP contribution is 2.35. The summed E-state index contributed by atoms with van der Waals surface area (Å²) in [6, 6.07) is 12.2. The first kappa shape index (κ1) is 22.8. The predicted molar refractivity (Wildman–Crippen MR) is 127 cm³/mol. The Labute approximate surface area is 202 Å². The number of nitrogens with one attached hydrogen (secondary N) is 2. The molecule has 1 aromatic heterocycles. The molecular formula is C26H27N3O6. The maximum absolute atomic E-state index is 13.2. The molecule has 9 heteroatoms. The molecule has 4 amide bonds. The Kier molecular flexibility index (Phi) is 5.62. The van der Waals surface area contributed by atoms with Crippen LogP contribution < -0.4 is 20.1 Å². The highest BCUT2D eigenvalue weighted by atomic mass is 16.5. The van der Waals surface area contributed by atoms with Crippen molar-refractivity contribution in [3.8, 4) is 11.5 Å². The van der Waals surface area contributed by atoms with Crippen molar-refractivity contribution in [2.75, 3.05) is 13.2 Å². The van der Waals surface area contributed by atoms with E-state index >= 15 is 0 Å². The van der Waals surface area contributed by atoms with Gasteiger partial charge in [-0.2, -0.15) is 0 Å². The first-order valence-electron chi connectivity index (χ1n) is 11.6. The smallest absolute Gasteiger partial charge is 0.325 e. The number of hydrogen-bond donors (Lipinski definition) is 2. The Morgan fingerprint density at radius 2 is 2.06 bits per heavy atom. The third-order valence-electron chi connectivity index (χ3n) is 6.35. The zero-order chi connectivity index (χ0) is 24.7. The van der Waals surface area contributed by atoms with Crippen LogP contribution in [0.25, 0.3) is 11.0 Å². The van der Waals surface area contributed by atoms with Crippen LogP contribution in [-0.2, 0) is 28.1 Å². The first-order chi connectivity index (χ1) is 16.8. The average molecular weight is 478 g/mol. The van der Waals surface area contributed by atoms with Crippen LogP contribution in [0, 0.1) is 0 Å². The van der Waals surface area contributed by atoms with Crippen LogP contribution in [0.5, 0.6) is 11.5 Å². The second kappa shape index (κ2) is 8.65. The largest absolute Gasteiger partial charge is 0.494 e. The molecule has 0 saturated carbocycles. The summed E-state index contributed by atoms with van der Waals surface area (Å²) in [5, 5.41) is 6.28. The second-order valence-electron chi connectivity index (χ2n) is 9.00. The van der Waals surface area contributed by atoms with Gasteiger partial charge in [0, 0.05) is 29.5 Å². The maximum Gasteiger partial charge on any atom is 0.325 e. The predicted octanol–water partition coefficient (Wildman–Crippen LogP) is 3.24. The molecule has 182 valence electrons. The van der Waals surface area contributed by atoms with Crippen molar-refractivity contribution in [3.63, 3.8) is 0 Å². The van der Waals surface area contributed by atoms with E-state index in [9.17, 15) is 14.4 Å². The van der Waals surface area contributed by atoms with E-state index in [4.69, 9.17) is 13.9 Å². The van der Waals surface area contributed by atoms with Crippen molar-refractivity contribution in [3.05, 3.63) is 59.4 Å². The number of urea groups is 1. The van der Waals surface area contributed by atoms with Crippen LogP contribution in [-0.4, -0.2) is 42.0 Å². The summed E-state index contributed by atoms with van der Waals surface area (Å²) in [7, 11) is 0. The van der Waals surface area contributed by atoms with Crippen molar-refractivity contribution in [1.82, 2.24) is 15.5 Å². The number of imide groups is 1. The number of hydrogen-bond acceptors (Lipinski definition) is 6. The number of carbonyl (C=O) groups is 3. The third kappa shape index (κ3) is 4.07. The van der Waals surface area contributed by atoms with Gasteiger partial charge in [-0.25, -0.2) is 4.79 Å². The number of carbonyl (C=O) groups excluding carboxylic acids is 3. The van der Waals surface area contributed by atoms with Crippen molar-refractivity contribution in [2.24, 2.45) is 0 Å². The number of para-hydroxylation sites is 1. The zero-order valence-electron chi connectivity index (χ0n) is 19.8. The van der Waals surface area contributed by atoms with E-state index in [2.05, 4.69) is 10.6 Å². The van der Waals surface area contributed by atoms with E-state index < -0.39 is 29.9 Å². The molecule has 1 saturated heterocycles. The molecule has 2 atom stereocenters. The van der Waals surface area contributed by atoms with Crippen LogP contribution in [0.1, 0.15) is 37.7 Å². The first-order valence-corrected chi connectivity index (χ1v) is 11.6. The van der Waals surface area contributed by atoms with E-state index in [-0.39, 0.29) is 12.6 Å². The summed E-state index contributed by atoms with van der Waals surface area (Å²) in [4.78, 5) is 39.4. The molecule has 9 nitrogen and oxygen atoms in total. The Balaban J connectivity index is 1.28. The van der Waals surface area contributed by atoms with Crippen molar-refractivity contribution in [2.45, 2.75) is 45.4 Å². The molecule has 2 aliphatic heterocycles. The molecule has 2 aromatic carbocycles.